The average molecular weight is 260 g/mol. The van der Waals surface area contributed by atoms with Gasteiger partial charge in [0.25, 0.3) is 0 Å². The summed E-state index contributed by atoms with van der Waals surface area (Å²) in [6.07, 6.45) is 4.04. The Morgan fingerprint density at radius 3 is 1.94 bits per heavy atom. The number of hydrogen-bond acceptors (Lipinski definition) is 3. The van der Waals surface area contributed by atoms with Gasteiger partial charge < -0.3 is 5.43 Å². The number of nitrogens with zero attached hydrogens (tertiary/aromatic N) is 1. The molecule has 0 aliphatic carbocycles. The van der Waals surface area contributed by atoms with Crippen LogP contribution < -0.4 is 5.43 Å². The molecule has 4 heteroatoms. The molecule has 3 rings (SSSR count). The predicted molar refractivity (Wildman–Crippen MR) is 74.3 cm³/mol. The van der Waals surface area contributed by atoms with Gasteiger partial charge in [-0.05, 0) is 35.0 Å². The zero-order chi connectivity index (χ0) is 11.5. The molecule has 0 spiro atoms. The summed E-state index contributed by atoms with van der Waals surface area (Å²) >= 11 is 3.56. The van der Waals surface area contributed by atoms with E-state index >= 15 is 0 Å². The monoisotopic (exact) mass is 260 g/mol. The van der Waals surface area contributed by atoms with Crippen LogP contribution in [-0.2, 0) is 0 Å². The molecule has 1 N–H and O–H groups in total. The quantitative estimate of drug-likeness (QED) is 0.751. The Morgan fingerprint density at radius 1 is 0.882 bits per heavy atom. The van der Waals surface area contributed by atoms with E-state index in [1.807, 2.05) is 29.2 Å². The summed E-state index contributed by atoms with van der Waals surface area (Å²) in [5.41, 5.74) is 3.50. The summed E-state index contributed by atoms with van der Waals surface area (Å²) in [5.74, 6) is 0. The fourth-order valence-corrected chi connectivity index (χ4v) is 3.40. The molecule has 0 aliphatic heterocycles. The van der Waals surface area contributed by atoms with Crippen LogP contribution in [0.3, 0.4) is 0 Å². The van der Waals surface area contributed by atoms with Gasteiger partial charge in [0, 0.05) is 22.1 Å². The molecule has 3 aromatic heterocycles. The predicted octanol–water partition coefficient (Wildman–Crippen LogP) is 3.94. The van der Waals surface area contributed by atoms with Gasteiger partial charge in [-0.2, -0.15) is 0 Å². The minimum atomic E-state index is 0.238. The summed E-state index contributed by atoms with van der Waals surface area (Å²) in [6, 6.07) is 12.8. The van der Waals surface area contributed by atoms with E-state index in [0.717, 1.165) is 0 Å². The van der Waals surface area contributed by atoms with Crippen molar-refractivity contribution in [2.75, 3.05) is 5.43 Å². The van der Waals surface area contributed by atoms with E-state index in [4.69, 9.17) is 0 Å². The van der Waals surface area contributed by atoms with Crippen LogP contribution in [0.15, 0.2) is 59.6 Å². The van der Waals surface area contributed by atoms with Crippen LogP contribution >= 0.6 is 22.7 Å². The van der Waals surface area contributed by atoms with Crippen molar-refractivity contribution in [1.29, 1.82) is 0 Å². The molecule has 0 bridgehead atoms. The minimum Gasteiger partial charge on any atom is -0.313 e. The van der Waals surface area contributed by atoms with Gasteiger partial charge in [0.05, 0.1) is 0 Å². The maximum Gasteiger partial charge on any atom is 0.111 e. The highest BCUT2D eigenvalue weighted by Gasteiger charge is 2.15. The van der Waals surface area contributed by atoms with Gasteiger partial charge >= 0.3 is 0 Å². The Morgan fingerprint density at radius 2 is 1.47 bits per heavy atom. The molecule has 0 fully saturated rings. The summed E-state index contributed by atoms with van der Waals surface area (Å²) in [4.78, 5) is 2.67. The third-order valence-corrected chi connectivity index (χ3v) is 4.41. The molecular weight excluding hydrogens is 248 g/mol. The summed E-state index contributed by atoms with van der Waals surface area (Å²) < 4.78 is 2.00. The van der Waals surface area contributed by atoms with Crippen LogP contribution in [0.4, 0.5) is 0 Å². The highest BCUT2D eigenvalue weighted by Crippen LogP contribution is 2.29. The van der Waals surface area contributed by atoms with Crippen molar-refractivity contribution in [3.63, 3.8) is 0 Å². The number of rotatable bonds is 4. The molecular formula is C13H12N2S2. The van der Waals surface area contributed by atoms with Gasteiger partial charge in [0.2, 0.25) is 0 Å². The standard InChI is InChI=1S/C13H12N2S2/c1-2-8-15(7-1)14-13(11-5-3-9-16-11)12-6-4-10-17-12/h1-10,13-14H. The second-order valence-corrected chi connectivity index (χ2v) is 5.64. The van der Waals surface area contributed by atoms with Gasteiger partial charge in [-0.1, -0.05) is 12.1 Å². The lowest BCUT2D eigenvalue weighted by atomic mass is 10.2. The summed E-state index contributed by atoms with van der Waals surface area (Å²) in [6.45, 7) is 0. The van der Waals surface area contributed by atoms with Crippen LogP contribution in [-0.4, -0.2) is 4.68 Å². The third kappa shape index (κ3) is 2.28. The van der Waals surface area contributed by atoms with Crippen LogP contribution in [0.25, 0.3) is 0 Å². The first-order chi connectivity index (χ1) is 8.43. The summed E-state index contributed by atoms with van der Waals surface area (Å²) in [5, 5.41) is 4.24. The van der Waals surface area contributed by atoms with Crippen molar-refractivity contribution in [1.82, 2.24) is 4.68 Å². The lowest BCUT2D eigenvalue weighted by molar-refractivity contribution is 0.780. The Hall–Kier alpha value is -1.52. The normalized spacial score (nSPS) is 10.9. The van der Waals surface area contributed by atoms with Crippen LogP contribution in [0.1, 0.15) is 15.8 Å². The van der Waals surface area contributed by atoms with Crippen molar-refractivity contribution in [3.8, 4) is 0 Å². The number of aromatic nitrogens is 1. The van der Waals surface area contributed by atoms with E-state index in [1.54, 1.807) is 22.7 Å². The second kappa shape index (κ2) is 4.77. The molecule has 0 saturated heterocycles. The Bertz CT molecular complexity index is 504. The fraction of sp³-hybridized carbons (Fsp3) is 0.0769. The van der Waals surface area contributed by atoms with E-state index in [2.05, 4.69) is 40.5 Å². The van der Waals surface area contributed by atoms with E-state index in [1.165, 1.54) is 9.75 Å². The zero-order valence-corrected chi connectivity index (χ0v) is 10.7. The van der Waals surface area contributed by atoms with Crippen molar-refractivity contribution >= 4 is 22.7 Å². The largest absolute Gasteiger partial charge is 0.313 e. The molecule has 3 aromatic rings. The van der Waals surface area contributed by atoms with E-state index in [-0.39, 0.29) is 6.04 Å². The van der Waals surface area contributed by atoms with Gasteiger partial charge in [0.15, 0.2) is 0 Å². The molecule has 0 aromatic carbocycles. The number of nitrogens with one attached hydrogen (secondary N) is 1. The highest BCUT2D eigenvalue weighted by molar-refractivity contribution is 7.11. The number of hydrogen-bond donors (Lipinski definition) is 1. The molecule has 0 aliphatic rings. The van der Waals surface area contributed by atoms with Gasteiger partial charge in [-0.15, -0.1) is 22.7 Å². The van der Waals surface area contributed by atoms with Crippen molar-refractivity contribution < 1.29 is 0 Å². The lowest BCUT2D eigenvalue weighted by Crippen LogP contribution is -2.18. The molecule has 0 unspecified atom stereocenters. The SMILES string of the molecule is c1csc(C(Nn2cccc2)c2cccs2)c1. The van der Waals surface area contributed by atoms with Gasteiger partial charge in [0.1, 0.15) is 6.04 Å². The van der Waals surface area contributed by atoms with Crippen molar-refractivity contribution in [2.45, 2.75) is 6.04 Å². The van der Waals surface area contributed by atoms with Crippen molar-refractivity contribution in [3.05, 3.63) is 69.3 Å². The third-order valence-electron chi connectivity index (χ3n) is 2.54. The zero-order valence-electron chi connectivity index (χ0n) is 9.11. The maximum atomic E-state index is 3.50. The first-order valence-electron chi connectivity index (χ1n) is 5.40. The van der Waals surface area contributed by atoms with Crippen molar-refractivity contribution in [2.24, 2.45) is 0 Å². The van der Waals surface area contributed by atoms with Crippen LogP contribution in [0.2, 0.25) is 0 Å². The highest BCUT2D eigenvalue weighted by atomic mass is 32.1. The van der Waals surface area contributed by atoms with Gasteiger partial charge in [-0.3, -0.25) is 4.68 Å². The van der Waals surface area contributed by atoms with E-state index in [9.17, 15) is 0 Å². The Labute approximate surface area is 108 Å². The van der Waals surface area contributed by atoms with E-state index < -0.39 is 0 Å². The molecule has 0 amide bonds. The molecule has 17 heavy (non-hydrogen) atoms. The maximum absolute atomic E-state index is 3.50. The molecule has 3 heterocycles. The first kappa shape index (κ1) is 10.6. The Kier molecular flexibility index (Phi) is 2.98. The van der Waals surface area contributed by atoms with E-state index in [0.29, 0.717) is 0 Å². The molecule has 0 radical (unpaired) electrons. The average Bonchev–Trinajstić information content (AvgIpc) is 3.09. The smallest absolute Gasteiger partial charge is 0.111 e. The fourth-order valence-electron chi connectivity index (χ4n) is 1.75. The van der Waals surface area contributed by atoms with Crippen LogP contribution in [0, 0.1) is 0 Å². The van der Waals surface area contributed by atoms with Gasteiger partial charge in [-0.25, -0.2) is 0 Å². The summed E-state index contributed by atoms with van der Waals surface area (Å²) in [7, 11) is 0. The molecule has 86 valence electrons. The molecule has 2 nitrogen and oxygen atoms in total. The molecule has 0 saturated carbocycles. The first-order valence-corrected chi connectivity index (χ1v) is 7.16. The molecule has 0 atom stereocenters. The number of thiophene rings is 2. The lowest BCUT2D eigenvalue weighted by Gasteiger charge is -2.18. The topological polar surface area (TPSA) is 17.0 Å². The second-order valence-electron chi connectivity index (χ2n) is 3.68. The minimum absolute atomic E-state index is 0.238. The van der Waals surface area contributed by atoms with Crippen LogP contribution in [0.5, 0.6) is 0 Å². The Balaban J connectivity index is 1.92.